The summed E-state index contributed by atoms with van der Waals surface area (Å²) in [6.45, 7) is 1.62. The molecule has 0 spiro atoms. The molecular formula is C8H12FNS. The van der Waals surface area contributed by atoms with Crippen molar-refractivity contribution in [2.75, 3.05) is 6.54 Å². The van der Waals surface area contributed by atoms with E-state index in [0.717, 1.165) is 4.88 Å². The van der Waals surface area contributed by atoms with E-state index in [1.54, 1.807) is 11.3 Å². The zero-order valence-corrected chi connectivity index (χ0v) is 7.33. The Kier molecular flexibility index (Phi) is 2.62. The van der Waals surface area contributed by atoms with Crippen molar-refractivity contribution in [1.29, 1.82) is 0 Å². The molecule has 0 aromatic carbocycles. The van der Waals surface area contributed by atoms with Crippen LogP contribution < -0.4 is 5.73 Å². The number of hydrogen-bond acceptors (Lipinski definition) is 2. The molecule has 1 unspecified atom stereocenters. The first-order chi connectivity index (χ1) is 5.14. The highest BCUT2D eigenvalue weighted by atomic mass is 32.1. The summed E-state index contributed by atoms with van der Waals surface area (Å²) < 4.78 is 13.3. The average molecular weight is 173 g/mol. The molecular weight excluding hydrogens is 161 g/mol. The number of alkyl halides is 1. The van der Waals surface area contributed by atoms with E-state index in [2.05, 4.69) is 0 Å². The van der Waals surface area contributed by atoms with Gasteiger partial charge in [-0.2, -0.15) is 0 Å². The Labute approximate surface area is 70.0 Å². The first-order valence-electron chi connectivity index (χ1n) is 3.55. The van der Waals surface area contributed by atoms with Crippen LogP contribution in [-0.2, 0) is 6.42 Å². The fraction of sp³-hybridized carbons (Fsp3) is 0.500. The van der Waals surface area contributed by atoms with Crippen molar-refractivity contribution in [2.24, 2.45) is 5.73 Å². The topological polar surface area (TPSA) is 26.0 Å². The van der Waals surface area contributed by atoms with Crippen LogP contribution >= 0.6 is 11.3 Å². The second kappa shape index (κ2) is 3.32. The molecule has 1 aromatic heterocycles. The Morgan fingerprint density at radius 1 is 1.73 bits per heavy atom. The zero-order valence-electron chi connectivity index (χ0n) is 6.51. The highest BCUT2D eigenvalue weighted by Crippen LogP contribution is 2.19. The van der Waals surface area contributed by atoms with Crippen molar-refractivity contribution in [1.82, 2.24) is 0 Å². The molecule has 3 heteroatoms. The summed E-state index contributed by atoms with van der Waals surface area (Å²) in [4.78, 5) is 1.06. The van der Waals surface area contributed by atoms with E-state index in [4.69, 9.17) is 5.73 Å². The van der Waals surface area contributed by atoms with Crippen molar-refractivity contribution in [3.8, 4) is 0 Å². The van der Waals surface area contributed by atoms with Crippen molar-refractivity contribution >= 4 is 11.3 Å². The number of nitrogens with two attached hydrogens (primary N) is 1. The predicted molar refractivity (Wildman–Crippen MR) is 46.6 cm³/mol. The third kappa shape index (κ3) is 2.60. The second-order valence-corrected chi connectivity index (χ2v) is 3.91. The van der Waals surface area contributed by atoms with Crippen LogP contribution in [0.3, 0.4) is 0 Å². The maximum absolute atomic E-state index is 13.3. The van der Waals surface area contributed by atoms with E-state index < -0.39 is 5.67 Å². The summed E-state index contributed by atoms with van der Waals surface area (Å²) >= 11 is 1.57. The fourth-order valence-corrected chi connectivity index (χ4v) is 1.72. The maximum Gasteiger partial charge on any atom is 0.125 e. The van der Waals surface area contributed by atoms with E-state index in [1.807, 2.05) is 17.5 Å². The quantitative estimate of drug-likeness (QED) is 0.743. The predicted octanol–water partition coefficient (Wildman–Crippen LogP) is 1.98. The van der Waals surface area contributed by atoms with E-state index >= 15 is 0 Å². The van der Waals surface area contributed by atoms with Crippen LogP contribution in [0.2, 0.25) is 0 Å². The maximum atomic E-state index is 13.3. The lowest BCUT2D eigenvalue weighted by molar-refractivity contribution is 0.201. The van der Waals surface area contributed by atoms with Crippen molar-refractivity contribution in [3.05, 3.63) is 22.4 Å². The smallest absolute Gasteiger partial charge is 0.125 e. The van der Waals surface area contributed by atoms with Gasteiger partial charge in [0.2, 0.25) is 0 Å². The molecule has 1 aromatic rings. The van der Waals surface area contributed by atoms with Gasteiger partial charge in [-0.1, -0.05) is 6.07 Å². The fourth-order valence-electron chi connectivity index (χ4n) is 0.849. The number of hydrogen-bond donors (Lipinski definition) is 1. The Balaban J connectivity index is 2.56. The molecule has 0 amide bonds. The van der Waals surface area contributed by atoms with Gasteiger partial charge in [0, 0.05) is 17.8 Å². The van der Waals surface area contributed by atoms with Crippen LogP contribution in [0.1, 0.15) is 11.8 Å². The van der Waals surface area contributed by atoms with E-state index in [9.17, 15) is 4.39 Å². The Morgan fingerprint density at radius 2 is 2.45 bits per heavy atom. The number of thiophene rings is 1. The Morgan fingerprint density at radius 3 is 2.91 bits per heavy atom. The van der Waals surface area contributed by atoms with Gasteiger partial charge in [0.25, 0.3) is 0 Å². The monoisotopic (exact) mass is 173 g/mol. The van der Waals surface area contributed by atoms with Gasteiger partial charge in [-0.3, -0.25) is 0 Å². The van der Waals surface area contributed by atoms with Gasteiger partial charge in [0.15, 0.2) is 0 Å². The van der Waals surface area contributed by atoms with E-state index in [-0.39, 0.29) is 6.54 Å². The molecule has 1 rings (SSSR count). The van der Waals surface area contributed by atoms with Crippen LogP contribution in [-0.4, -0.2) is 12.2 Å². The summed E-state index contributed by atoms with van der Waals surface area (Å²) in [5.74, 6) is 0. The molecule has 1 atom stereocenters. The van der Waals surface area contributed by atoms with Gasteiger partial charge in [-0.25, -0.2) is 4.39 Å². The van der Waals surface area contributed by atoms with Crippen LogP contribution in [0, 0.1) is 0 Å². The molecule has 1 nitrogen and oxygen atoms in total. The number of rotatable bonds is 3. The molecule has 0 saturated heterocycles. The lowest BCUT2D eigenvalue weighted by Crippen LogP contribution is -2.31. The highest BCUT2D eigenvalue weighted by Gasteiger charge is 2.21. The minimum Gasteiger partial charge on any atom is -0.328 e. The summed E-state index contributed by atoms with van der Waals surface area (Å²) in [6.07, 6.45) is 0.432. The van der Waals surface area contributed by atoms with Gasteiger partial charge < -0.3 is 5.73 Å². The highest BCUT2D eigenvalue weighted by molar-refractivity contribution is 7.09. The van der Waals surface area contributed by atoms with E-state index in [1.165, 1.54) is 6.92 Å². The minimum atomic E-state index is -1.25. The first kappa shape index (κ1) is 8.68. The van der Waals surface area contributed by atoms with Gasteiger partial charge >= 0.3 is 0 Å². The van der Waals surface area contributed by atoms with Crippen molar-refractivity contribution in [3.63, 3.8) is 0 Å². The molecule has 0 aliphatic carbocycles. The molecule has 0 fully saturated rings. The van der Waals surface area contributed by atoms with Crippen LogP contribution in [0.15, 0.2) is 17.5 Å². The summed E-state index contributed by atoms with van der Waals surface area (Å²) in [6, 6.07) is 3.85. The SMILES string of the molecule is CC(F)(CN)Cc1cccs1. The Bertz CT molecular complexity index is 206. The molecule has 11 heavy (non-hydrogen) atoms. The molecule has 1 heterocycles. The zero-order chi connectivity index (χ0) is 8.32. The third-order valence-electron chi connectivity index (χ3n) is 1.55. The Hall–Kier alpha value is -0.410. The average Bonchev–Trinajstić information content (AvgIpc) is 2.39. The van der Waals surface area contributed by atoms with E-state index in [0.29, 0.717) is 6.42 Å². The van der Waals surface area contributed by atoms with Crippen LogP contribution in [0.5, 0.6) is 0 Å². The standard InChI is InChI=1S/C8H12FNS/c1-8(9,6-10)5-7-3-2-4-11-7/h2-4H,5-6,10H2,1H3. The molecule has 62 valence electrons. The number of halogens is 1. The normalized spacial score (nSPS) is 16.3. The lowest BCUT2D eigenvalue weighted by Gasteiger charge is -2.15. The molecule has 0 aliphatic heterocycles. The molecule has 0 aliphatic rings. The van der Waals surface area contributed by atoms with Crippen molar-refractivity contribution in [2.45, 2.75) is 19.0 Å². The van der Waals surface area contributed by atoms with Gasteiger partial charge in [-0.05, 0) is 18.4 Å². The second-order valence-electron chi connectivity index (χ2n) is 2.87. The lowest BCUT2D eigenvalue weighted by atomic mass is 10.0. The van der Waals surface area contributed by atoms with Crippen LogP contribution in [0.25, 0.3) is 0 Å². The van der Waals surface area contributed by atoms with Gasteiger partial charge in [-0.15, -0.1) is 11.3 Å². The van der Waals surface area contributed by atoms with Gasteiger partial charge in [0.1, 0.15) is 5.67 Å². The summed E-state index contributed by atoms with van der Waals surface area (Å²) in [5, 5.41) is 1.95. The molecule has 0 bridgehead atoms. The molecule has 0 saturated carbocycles. The van der Waals surface area contributed by atoms with Crippen molar-refractivity contribution < 1.29 is 4.39 Å². The third-order valence-corrected chi connectivity index (χ3v) is 2.42. The minimum absolute atomic E-state index is 0.0882. The largest absolute Gasteiger partial charge is 0.328 e. The van der Waals surface area contributed by atoms with Gasteiger partial charge in [0.05, 0.1) is 0 Å². The summed E-state index contributed by atoms with van der Waals surface area (Å²) in [7, 11) is 0. The summed E-state index contributed by atoms with van der Waals surface area (Å²) in [5.41, 5.74) is 4.01. The van der Waals surface area contributed by atoms with Crippen LogP contribution in [0.4, 0.5) is 4.39 Å². The molecule has 0 radical (unpaired) electrons. The molecule has 2 N–H and O–H groups in total. The first-order valence-corrected chi connectivity index (χ1v) is 4.43.